The van der Waals surface area contributed by atoms with Crippen molar-refractivity contribution in [3.05, 3.63) is 12.7 Å². The first-order chi connectivity index (χ1) is 12.8. The van der Waals surface area contributed by atoms with E-state index >= 15 is 0 Å². The smallest absolute Gasteiger partial charge is 0.303 e. The minimum absolute atomic E-state index is 0.00638. The Labute approximate surface area is 167 Å². The maximum atomic E-state index is 11.8. The van der Waals surface area contributed by atoms with Crippen molar-refractivity contribution in [2.45, 2.75) is 90.8 Å². The fraction of sp³-hybridized carbons (Fsp3) is 0.818. The molecular formula is C22H34O6. The molecule has 6 nitrogen and oxygen atoms in total. The number of ether oxygens (including phenoxy) is 3. The summed E-state index contributed by atoms with van der Waals surface area (Å²) in [4.78, 5) is 23.5. The van der Waals surface area contributed by atoms with Gasteiger partial charge >= 0.3 is 11.9 Å². The molecule has 28 heavy (non-hydrogen) atoms. The quantitative estimate of drug-likeness (QED) is 0.575. The molecule has 6 heteroatoms. The molecule has 2 heterocycles. The van der Waals surface area contributed by atoms with Gasteiger partial charge in [-0.05, 0) is 32.6 Å². The lowest BCUT2D eigenvalue weighted by Gasteiger charge is -2.57. The van der Waals surface area contributed by atoms with Crippen molar-refractivity contribution >= 4 is 11.9 Å². The standard InChI is InChI=1S/C22H34O6/c1-8-20(5)10-9-14-21(6)15(11-18(24)25)19(3,4)16(26-13(2)23)12-17(21)27-22(14,7)28-20/h8,14-17H,1,9-12H2,2-7H3,(H,24,25). The molecule has 7 atom stereocenters. The molecule has 0 amide bonds. The summed E-state index contributed by atoms with van der Waals surface area (Å²) in [6.45, 7) is 15.5. The predicted octanol–water partition coefficient (Wildman–Crippen LogP) is 3.93. The van der Waals surface area contributed by atoms with E-state index < -0.39 is 34.3 Å². The topological polar surface area (TPSA) is 82.1 Å². The first kappa shape index (κ1) is 21.3. The van der Waals surface area contributed by atoms with E-state index in [0.717, 1.165) is 12.8 Å². The molecule has 1 aliphatic carbocycles. The van der Waals surface area contributed by atoms with Crippen LogP contribution in [0.4, 0.5) is 0 Å². The third-order valence-electron chi connectivity index (χ3n) is 7.84. The molecule has 1 N–H and O–H groups in total. The average molecular weight is 395 g/mol. The number of carboxylic acids is 1. The molecule has 0 aromatic rings. The lowest BCUT2D eigenvalue weighted by Crippen LogP contribution is -2.59. The van der Waals surface area contributed by atoms with E-state index in [2.05, 4.69) is 13.5 Å². The number of carbonyl (C=O) groups excluding carboxylic acids is 1. The highest BCUT2D eigenvalue weighted by molar-refractivity contribution is 5.68. The minimum Gasteiger partial charge on any atom is -0.481 e. The molecule has 0 aromatic heterocycles. The van der Waals surface area contributed by atoms with Gasteiger partial charge < -0.3 is 19.3 Å². The van der Waals surface area contributed by atoms with Gasteiger partial charge in [-0.1, -0.05) is 26.8 Å². The van der Waals surface area contributed by atoms with Crippen molar-refractivity contribution < 1.29 is 28.9 Å². The van der Waals surface area contributed by atoms with Gasteiger partial charge in [-0.2, -0.15) is 0 Å². The Kier molecular flexibility index (Phi) is 4.99. The second-order valence-electron chi connectivity index (χ2n) is 10.0. The molecule has 3 aliphatic rings. The second kappa shape index (κ2) is 6.56. The van der Waals surface area contributed by atoms with Gasteiger partial charge in [-0.15, -0.1) is 6.58 Å². The molecule has 0 spiro atoms. The van der Waals surface area contributed by atoms with Crippen LogP contribution in [0.1, 0.15) is 67.2 Å². The van der Waals surface area contributed by atoms with Gasteiger partial charge in [-0.3, -0.25) is 9.59 Å². The van der Waals surface area contributed by atoms with E-state index in [1.165, 1.54) is 6.92 Å². The fourth-order valence-electron chi connectivity index (χ4n) is 6.39. The largest absolute Gasteiger partial charge is 0.481 e. The number of carboxylic acid groups (broad SMARTS) is 1. The highest BCUT2D eigenvalue weighted by Crippen LogP contribution is 2.67. The van der Waals surface area contributed by atoms with Crippen LogP contribution in [-0.2, 0) is 23.8 Å². The summed E-state index contributed by atoms with van der Waals surface area (Å²) in [7, 11) is 0. The highest BCUT2D eigenvalue weighted by Gasteiger charge is 2.70. The molecule has 158 valence electrons. The van der Waals surface area contributed by atoms with Crippen LogP contribution < -0.4 is 0 Å². The Bertz CT molecular complexity index is 687. The number of fused-ring (bicyclic) bond motifs is 3. The Morgan fingerprint density at radius 2 is 1.89 bits per heavy atom. The molecule has 0 radical (unpaired) electrons. The molecular weight excluding hydrogens is 360 g/mol. The zero-order valence-corrected chi connectivity index (χ0v) is 17.9. The van der Waals surface area contributed by atoms with Crippen LogP contribution in [0.15, 0.2) is 12.7 Å². The number of hydrogen-bond acceptors (Lipinski definition) is 5. The second-order valence-corrected chi connectivity index (χ2v) is 10.0. The highest BCUT2D eigenvalue weighted by atomic mass is 16.7. The van der Waals surface area contributed by atoms with Crippen molar-refractivity contribution in [3.63, 3.8) is 0 Å². The van der Waals surface area contributed by atoms with Gasteiger partial charge in [0.05, 0.1) is 11.7 Å². The van der Waals surface area contributed by atoms with Crippen LogP contribution >= 0.6 is 0 Å². The van der Waals surface area contributed by atoms with Crippen LogP contribution in [-0.4, -0.2) is 40.6 Å². The fourth-order valence-corrected chi connectivity index (χ4v) is 6.39. The minimum atomic E-state index is -0.845. The van der Waals surface area contributed by atoms with E-state index in [0.29, 0.717) is 6.42 Å². The van der Waals surface area contributed by atoms with E-state index in [1.807, 2.05) is 33.8 Å². The maximum Gasteiger partial charge on any atom is 0.303 e. The summed E-state index contributed by atoms with van der Waals surface area (Å²) in [6.07, 6.45) is 3.42. The average Bonchev–Trinajstić information content (AvgIpc) is 2.77. The van der Waals surface area contributed by atoms with Crippen LogP contribution in [0.3, 0.4) is 0 Å². The van der Waals surface area contributed by atoms with Crippen molar-refractivity contribution in [2.24, 2.45) is 22.7 Å². The molecule has 2 aliphatic heterocycles. The summed E-state index contributed by atoms with van der Waals surface area (Å²) >= 11 is 0. The number of rotatable bonds is 4. The van der Waals surface area contributed by atoms with Gasteiger partial charge in [0.25, 0.3) is 0 Å². The van der Waals surface area contributed by atoms with Crippen molar-refractivity contribution in [2.75, 3.05) is 0 Å². The number of hydrogen-bond donors (Lipinski definition) is 1. The SMILES string of the molecule is C=CC1(C)CCC2C(C)(OC3CC(OC(C)=O)C(C)(C)C(CC(=O)O)C32C)O1. The Morgan fingerprint density at radius 3 is 2.43 bits per heavy atom. The van der Waals surface area contributed by atoms with Crippen molar-refractivity contribution in [1.29, 1.82) is 0 Å². The zero-order valence-electron chi connectivity index (χ0n) is 17.9. The summed E-state index contributed by atoms with van der Waals surface area (Å²) in [5, 5.41) is 9.69. The summed E-state index contributed by atoms with van der Waals surface area (Å²) in [5.41, 5.74) is -1.36. The summed E-state index contributed by atoms with van der Waals surface area (Å²) in [5.74, 6) is -2.18. The third-order valence-corrected chi connectivity index (χ3v) is 7.84. The summed E-state index contributed by atoms with van der Waals surface area (Å²) in [6, 6.07) is 0. The number of esters is 1. The predicted molar refractivity (Wildman–Crippen MR) is 103 cm³/mol. The zero-order chi connectivity index (χ0) is 21.1. The maximum absolute atomic E-state index is 11.8. The molecule has 3 rings (SSSR count). The molecule has 3 fully saturated rings. The third kappa shape index (κ3) is 3.09. The van der Waals surface area contributed by atoms with Gasteiger partial charge in [-0.25, -0.2) is 0 Å². The Morgan fingerprint density at radius 1 is 1.25 bits per heavy atom. The summed E-state index contributed by atoms with van der Waals surface area (Å²) < 4.78 is 18.6. The van der Waals surface area contributed by atoms with E-state index in [-0.39, 0.29) is 30.3 Å². The van der Waals surface area contributed by atoms with Gasteiger partial charge in [0.15, 0.2) is 5.79 Å². The van der Waals surface area contributed by atoms with Gasteiger partial charge in [0, 0.05) is 36.5 Å². The first-order valence-corrected chi connectivity index (χ1v) is 10.2. The van der Waals surface area contributed by atoms with E-state index in [9.17, 15) is 14.7 Å². The number of aliphatic carboxylic acids is 1. The van der Waals surface area contributed by atoms with Crippen molar-refractivity contribution in [3.8, 4) is 0 Å². The normalized spacial score (nSPS) is 46.9. The monoisotopic (exact) mass is 394 g/mol. The van der Waals surface area contributed by atoms with E-state index in [1.54, 1.807) is 0 Å². The molecule has 0 bridgehead atoms. The molecule has 1 saturated carbocycles. The van der Waals surface area contributed by atoms with Gasteiger partial charge in [0.2, 0.25) is 0 Å². The lowest BCUT2D eigenvalue weighted by molar-refractivity contribution is -0.293. The van der Waals surface area contributed by atoms with Crippen LogP contribution in [0.2, 0.25) is 0 Å². The Hall–Kier alpha value is -1.40. The van der Waals surface area contributed by atoms with Crippen LogP contribution in [0.5, 0.6) is 0 Å². The van der Waals surface area contributed by atoms with Gasteiger partial charge in [0.1, 0.15) is 6.10 Å². The number of carbonyl (C=O) groups is 2. The van der Waals surface area contributed by atoms with E-state index in [4.69, 9.17) is 14.2 Å². The first-order valence-electron chi connectivity index (χ1n) is 10.2. The van der Waals surface area contributed by atoms with Crippen molar-refractivity contribution in [1.82, 2.24) is 0 Å². The molecule has 0 aromatic carbocycles. The molecule has 7 unspecified atom stereocenters. The van der Waals surface area contributed by atoms with Crippen LogP contribution in [0.25, 0.3) is 0 Å². The Balaban J connectivity index is 2.05. The lowest BCUT2D eigenvalue weighted by atomic mass is 9.48. The molecule has 2 saturated heterocycles. The van der Waals surface area contributed by atoms with Crippen LogP contribution in [0, 0.1) is 22.7 Å².